The fourth-order valence-corrected chi connectivity index (χ4v) is 11.7. The highest BCUT2D eigenvalue weighted by Gasteiger charge is 2.51. The zero-order valence-corrected chi connectivity index (χ0v) is 33.4. The van der Waals surface area contributed by atoms with E-state index in [0.717, 1.165) is 6.42 Å². The van der Waals surface area contributed by atoms with Crippen LogP contribution in [0.15, 0.2) is 206 Å². The largest absolute Gasteiger partial charge is 0.309 e. The van der Waals surface area contributed by atoms with Crippen LogP contribution in [0, 0.1) is 0 Å². The highest BCUT2D eigenvalue weighted by Crippen LogP contribution is 2.63. The van der Waals surface area contributed by atoms with Gasteiger partial charge in [0.05, 0.1) is 16.4 Å². The van der Waals surface area contributed by atoms with E-state index in [1.54, 1.807) is 0 Å². The van der Waals surface area contributed by atoms with Crippen molar-refractivity contribution in [3.8, 4) is 50.2 Å². The summed E-state index contributed by atoms with van der Waals surface area (Å²) in [7, 11) is 0. The molecule has 282 valence electrons. The summed E-state index contributed by atoms with van der Waals surface area (Å²) in [6.45, 7) is 2.42. The Bertz CT molecular complexity index is 3320. The van der Waals surface area contributed by atoms with Gasteiger partial charge in [0.15, 0.2) is 0 Å². The lowest BCUT2D eigenvalue weighted by Crippen LogP contribution is -2.26. The first-order valence-electron chi connectivity index (χ1n) is 21.4. The molecule has 13 rings (SSSR count). The molecule has 9 aromatic carbocycles. The van der Waals surface area contributed by atoms with E-state index in [1.807, 2.05) is 0 Å². The standard InChI is InChI=1S/C59H41N/c1-37-43-30-27-39(33-51(43)44-18-6-5-17-41(44)35-50(37)38-15-3-2-4-16-38)40-28-32-58-52(34-40)49-22-10-14-26-57(49)60(58)42-29-31-48-47-21-9-13-25-55(47)59(56(48)36-42)53-23-11-7-19-45(53)46-20-8-12-24-54(46)59/h2-34,36-37,50H,35H2,1H3. The number of nitrogens with zero attached hydrogens (tertiary/aromatic N) is 1. The van der Waals surface area contributed by atoms with E-state index in [1.165, 1.54) is 111 Å². The molecule has 2 atom stereocenters. The van der Waals surface area contributed by atoms with Gasteiger partial charge in [-0.1, -0.05) is 177 Å². The van der Waals surface area contributed by atoms with Crippen molar-refractivity contribution in [2.24, 2.45) is 0 Å². The van der Waals surface area contributed by atoms with Crippen LogP contribution < -0.4 is 0 Å². The van der Waals surface area contributed by atoms with E-state index in [2.05, 4.69) is 218 Å². The summed E-state index contributed by atoms with van der Waals surface area (Å²) in [4.78, 5) is 0. The molecule has 2 unspecified atom stereocenters. The third kappa shape index (κ3) is 4.52. The molecular formula is C59H41N. The lowest BCUT2D eigenvalue weighted by Gasteiger charge is -2.30. The van der Waals surface area contributed by atoms with Crippen molar-refractivity contribution in [1.82, 2.24) is 4.57 Å². The van der Waals surface area contributed by atoms with Crippen LogP contribution in [-0.4, -0.2) is 4.57 Å². The molecule has 0 saturated heterocycles. The van der Waals surface area contributed by atoms with Gasteiger partial charge in [-0.15, -0.1) is 0 Å². The molecule has 0 N–H and O–H groups in total. The molecule has 0 saturated carbocycles. The first-order valence-corrected chi connectivity index (χ1v) is 21.4. The number of rotatable bonds is 3. The van der Waals surface area contributed by atoms with E-state index in [-0.39, 0.29) is 5.41 Å². The summed E-state index contributed by atoms with van der Waals surface area (Å²) in [6, 6.07) is 78.0. The summed E-state index contributed by atoms with van der Waals surface area (Å²) in [5.41, 5.74) is 23.5. The second kappa shape index (κ2) is 12.6. The zero-order chi connectivity index (χ0) is 39.5. The Morgan fingerprint density at radius 2 is 0.983 bits per heavy atom. The van der Waals surface area contributed by atoms with Crippen LogP contribution in [0.1, 0.15) is 57.7 Å². The molecular weight excluding hydrogens is 723 g/mol. The average Bonchev–Trinajstić information content (AvgIpc) is 3.89. The molecule has 0 fully saturated rings. The Labute approximate surface area is 350 Å². The van der Waals surface area contributed by atoms with Crippen molar-refractivity contribution in [3.05, 3.63) is 245 Å². The van der Waals surface area contributed by atoms with E-state index in [0.29, 0.717) is 11.8 Å². The molecule has 3 aliphatic carbocycles. The monoisotopic (exact) mass is 763 g/mol. The van der Waals surface area contributed by atoms with Crippen molar-refractivity contribution < 1.29 is 0 Å². The van der Waals surface area contributed by atoms with E-state index < -0.39 is 0 Å². The van der Waals surface area contributed by atoms with Gasteiger partial charge in [-0.05, 0) is 138 Å². The maximum absolute atomic E-state index is 2.50. The molecule has 0 aliphatic heterocycles. The first-order chi connectivity index (χ1) is 29.7. The summed E-state index contributed by atoms with van der Waals surface area (Å²) in [5.74, 6) is 0.804. The number of fused-ring (bicyclic) bond motifs is 16. The zero-order valence-electron chi connectivity index (χ0n) is 33.4. The first kappa shape index (κ1) is 33.7. The molecule has 1 spiro atoms. The second-order valence-electron chi connectivity index (χ2n) is 17.2. The number of hydrogen-bond acceptors (Lipinski definition) is 0. The molecule has 1 heteroatoms. The minimum atomic E-state index is -0.385. The van der Waals surface area contributed by atoms with E-state index in [4.69, 9.17) is 0 Å². The predicted octanol–water partition coefficient (Wildman–Crippen LogP) is 14.9. The number of benzene rings is 9. The second-order valence-corrected chi connectivity index (χ2v) is 17.2. The van der Waals surface area contributed by atoms with Gasteiger partial charge < -0.3 is 4.57 Å². The smallest absolute Gasteiger partial charge is 0.0726 e. The van der Waals surface area contributed by atoms with Crippen LogP contribution in [0.5, 0.6) is 0 Å². The van der Waals surface area contributed by atoms with Crippen molar-refractivity contribution in [3.63, 3.8) is 0 Å². The third-order valence-corrected chi connectivity index (χ3v) is 14.4. The Kier molecular flexibility index (Phi) is 7.10. The fraction of sp³-hybridized carbons (Fsp3) is 0.0847. The Hall–Kier alpha value is -7.22. The maximum atomic E-state index is 2.50. The lowest BCUT2D eigenvalue weighted by atomic mass is 9.70. The molecule has 0 radical (unpaired) electrons. The van der Waals surface area contributed by atoms with Gasteiger partial charge in [0.25, 0.3) is 0 Å². The quantitative estimate of drug-likeness (QED) is 0.169. The SMILES string of the molecule is CC1c2ccc(-c3ccc4c(c3)c3ccccc3n4-c3ccc4c(c3)C3(c5ccccc5-c5ccccc53)c3ccccc3-4)cc2-c2ccccc2CC1c1ccccc1. The Morgan fingerprint density at radius 3 is 1.72 bits per heavy atom. The van der Waals surface area contributed by atoms with Crippen LogP contribution in [-0.2, 0) is 11.8 Å². The predicted molar refractivity (Wildman–Crippen MR) is 249 cm³/mol. The normalized spacial score (nSPS) is 16.5. The lowest BCUT2D eigenvalue weighted by molar-refractivity contribution is 0.579. The minimum absolute atomic E-state index is 0.384. The molecule has 10 aromatic rings. The van der Waals surface area contributed by atoms with Gasteiger partial charge >= 0.3 is 0 Å². The van der Waals surface area contributed by atoms with Gasteiger partial charge in [-0.25, -0.2) is 0 Å². The Balaban J connectivity index is 0.985. The van der Waals surface area contributed by atoms with E-state index in [9.17, 15) is 0 Å². The topological polar surface area (TPSA) is 4.93 Å². The highest BCUT2D eigenvalue weighted by molar-refractivity contribution is 6.10. The number of aromatic nitrogens is 1. The van der Waals surface area contributed by atoms with Crippen LogP contribution in [0.25, 0.3) is 72.0 Å². The van der Waals surface area contributed by atoms with Gasteiger partial charge in [0.2, 0.25) is 0 Å². The molecule has 0 amide bonds. The maximum Gasteiger partial charge on any atom is 0.0726 e. The fourth-order valence-electron chi connectivity index (χ4n) is 11.7. The van der Waals surface area contributed by atoms with Gasteiger partial charge in [0.1, 0.15) is 0 Å². The van der Waals surface area contributed by atoms with Crippen molar-refractivity contribution in [2.75, 3.05) is 0 Å². The molecule has 1 heterocycles. The summed E-state index contributed by atoms with van der Waals surface area (Å²) in [6.07, 6.45) is 1.03. The summed E-state index contributed by atoms with van der Waals surface area (Å²) in [5, 5.41) is 2.54. The van der Waals surface area contributed by atoms with Crippen LogP contribution in [0.4, 0.5) is 0 Å². The average molecular weight is 764 g/mol. The molecule has 3 aliphatic rings. The third-order valence-electron chi connectivity index (χ3n) is 14.4. The van der Waals surface area contributed by atoms with E-state index >= 15 is 0 Å². The van der Waals surface area contributed by atoms with Gasteiger partial charge in [-0.3, -0.25) is 0 Å². The van der Waals surface area contributed by atoms with Crippen LogP contribution in [0.2, 0.25) is 0 Å². The van der Waals surface area contributed by atoms with Crippen molar-refractivity contribution in [2.45, 2.75) is 30.6 Å². The van der Waals surface area contributed by atoms with Crippen LogP contribution >= 0.6 is 0 Å². The van der Waals surface area contributed by atoms with Gasteiger partial charge in [-0.2, -0.15) is 0 Å². The van der Waals surface area contributed by atoms with Crippen molar-refractivity contribution in [1.29, 1.82) is 0 Å². The molecule has 1 nitrogen and oxygen atoms in total. The minimum Gasteiger partial charge on any atom is -0.309 e. The molecule has 60 heavy (non-hydrogen) atoms. The van der Waals surface area contributed by atoms with Gasteiger partial charge in [0, 0.05) is 16.5 Å². The highest BCUT2D eigenvalue weighted by atomic mass is 15.0. The molecule has 1 aromatic heterocycles. The van der Waals surface area contributed by atoms with Crippen molar-refractivity contribution >= 4 is 21.8 Å². The number of para-hydroxylation sites is 1. The number of hydrogen-bond donors (Lipinski definition) is 0. The Morgan fingerprint density at radius 1 is 0.417 bits per heavy atom. The summed E-state index contributed by atoms with van der Waals surface area (Å²) < 4.78 is 2.50. The van der Waals surface area contributed by atoms with Crippen LogP contribution in [0.3, 0.4) is 0 Å². The molecule has 0 bridgehead atoms. The summed E-state index contributed by atoms with van der Waals surface area (Å²) >= 11 is 0.